The molecule has 2 aromatic rings. The number of nitrogens with one attached hydrogen (secondary N) is 1. The van der Waals surface area contributed by atoms with Crippen LogP contribution in [0.5, 0.6) is 0 Å². The first-order chi connectivity index (χ1) is 12.8. The number of aryl methyl sites for hydroxylation is 1. The lowest BCUT2D eigenvalue weighted by molar-refractivity contribution is -0.119. The summed E-state index contributed by atoms with van der Waals surface area (Å²) in [6.45, 7) is 2.30. The normalized spacial score (nSPS) is 11.2. The van der Waals surface area contributed by atoms with Gasteiger partial charge in [-0.15, -0.1) is 0 Å². The summed E-state index contributed by atoms with van der Waals surface area (Å²) in [4.78, 5) is 12.2. The lowest BCUT2D eigenvalue weighted by Gasteiger charge is -2.23. The van der Waals surface area contributed by atoms with E-state index in [0.717, 1.165) is 22.1 Å². The first-order valence-corrected chi connectivity index (χ1v) is 12.2. The molecule has 146 valence electrons. The molecule has 0 saturated carbocycles. The number of rotatable bonds is 9. The second kappa shape index (κ2) is 10.1. The minimum Gasteiger partial charge on any atom is -0.354 e. The molecule has 27 heavy (non-hydrogen) atoms. The van der Waals surface area contributed by atoms with E-state index in [1.807, 2.05) is 0 Å². The predicted octanol–water partition coefficient (Wildman–Crippen LogP) is 3.57. The number of para-hydroxylation sites is 1. The van der Waals surface area contributed by atoms with Crippen LogP contribution in [0.15, 0.2) is 53.0 Å². The summed E-state index contributed by atoms with van der Waals surface area (Å²) in [6, 6.07) is 15.3. The Bertz CT molecular complexity index is 871. The third-order valence-electron chi connectivity index (χ3n) is 3.77. The number of amides is 1. The first-order valence-electron chi connectivity index (χ1n) is 8.39. The molecule has 0 aliphatic rings. The van der Waals surface area contributed by atoms with Crippen molar-refractivity contribution in [3.8, 4) is 0 Å². The molecule has 5 nitrogen and oxygen atoms in total. The van der Waals surface area contributed by atoms with Crippen molar-refractivity contribution in [2.45, 2.75) is 12.7 Å². The molecule has 2 rings (SSSR count). The zero-order chi connectivity index (χ0) is 19.9. The van der Waals surface area contributed by atoms with Gasteiger partial charge in [0.1, 0.15) is 6.54 Å². The number of sulfonamides is 1. The Labute approximate surface area is 173 Å². The lowest BCUT2D eigenvalue weighted by atomic mass is 10.2. The molecule has 0 aliphatic carbocycles. The summed E-state index contributed by atoms with van der Waals surface area (Å²) in [5, 5.41) is 2.79. The highest BCUT2D eigenvalue weighted by molar-refractivity contribution is 9.10. The van der Waals surface area contributed by atoms with E-state index in [0.29, 0.717) is 16.7 Å². The van der Waals surface area contributed by atoms with Crippen LogP contribution >= 0.6 is 27.7 Å². The van der Waals surface area contributed by atoms with Crippen molar-refractivity contribution in [3.63, 3.8) is 0 Å². The molecule has 2 aromatic carbocycles. The summed E-state index contributed by atoms with van der Waals surface area (Å²) in [5.74, 6) is 1.31. The van der Waals surface area contributed by atoms with Crippen LogP contribution < -0.4 is 9.62 Å². The summed E-state index contributed by atoms with van der Waals surface area (Å²) >= 11 is 5.06. The largest absolute Gasteiger partial charge is 0.354 e. The average Bonchev–Trinajstić information content (AvgIpc) is 2.61. The summed E-state index contributed by atoms with van der Waals surface area (Å²) < 4.78 is 25.9. The van der Waals surface area contributed by atoms with E-state index >= 15 is 0 Å². The van der Waals surface area contributed by atoms with E-state index < -0.39 is 10.0 Å². The highest BCUT2D eigenvalue weighted by Crippen LogP contribution is 2.27. The molecule has 0 aromatic heterocycles. The molecule has 1 N–H and O–H groups in total. The van der Waals surface area contributed by atoms with Crippen molar-refractivity contribution in [1.29, 1.82) is 0 Å². The van der Waals surface area contributed by atoms with Gasteiger partial charge in [0.2, 0.25) is 15.9 Å². The van der Waals surface area contributed by atoms with Gasteiger partial charge in [-0.25, -0.2) is 8.42 Å². The molecule has 0 atom stereocenters. The van der Waals surface area contributed by atoms with Gasteiger partial charge in [0.15, 0.2) is 0 Å². The van der Waals surface area contributed by atoms with Crippen molar-refractivity contribution in [2.75, 3.05) is 29.4 Å². The van der Waals surface area contributed by atoms with Crippen LogP contribution in [0.3, 0.4) is 0 Å². The van der Waals surface area contributed by atoms with E-state index in [1.54, 1.807) is 36.0 Å². The minimum atomic E-state index is -3.57. The zero-order valence-corrected chi connectivity index (χ0v) is 18.5. The Morgan fingerprint density at radius 3 is 2.44 bits per heavy atom. The van der Waals surface area contributed by atoms with Crippen LogP contribution in [0.4, 0.5) is 5.69 Å². The topological polar surface area (TPSA) is 66.5 Å². The third kappa shape index (κ3) is 7.20. The number of hydrogen-bond donors (Lipinski definition) is 1. The van der Waals surface area contributed by atoms with Crippen molar-refractivity contribution < 1.29 is 13.2 Å². The van der Waals surface area contributed by atoms with Crippen molar-refractivity contribution in [1.82, 2.24) is 5.32 Å². The van der Waals surface area contributed by atoms with Crippen LogP contribution in [-0.2, 0) is 20.6 Å². The van der Waals surface area contributed by atoms with Gasteiger partial charge >= 0.3 is 0 Å². The molecule has 0 aliphatic heterocycles. The fourth-order valence-corrected chi connectivity index (χ4v) is 4.66. The monoisotopic (exact) mass is 470 g/mol. The fraction of sp³-hybridized carbons (Fsp3) is 0.316. The summed E-state index contributed by atoms with van der Waals surface area (Å²) in [7, 11) is -3.57. The van der Waals surface area contributed by atoms with Gasteiger partial charge in [0.25, 0.3) is 0 Å². The smallest absolute Gasteiger partial charge is 0.240 e. The van der Waals surface area contributed by atoms with Gasteiger partial charge in [-0.3, -0.25) is 9.10 Å². The molecular formula is C19H23BrN2O3S2. The molecule has 0 bridgehead atoms. The fourth-order valence-electron chi connectivity index (χ4n) is 2.36. The van der Waals surface area contributed by atoms with Gasteiger partial charge in [0, 0.05) is 22.5 Å². The predicted molar refractivity (Wildman–Crippen MR) is 117 cm³/mol. The molecular weight excluding hydrogens is 448 g/mol. The van der Waals surface area contributed by atoms with Crippen LogP contribution in [0.25, 0.3) is 0 Å². The van der Waals surface area contributed by atoms with Crippen LogP contribution in [0.1, 0.15) is 11.1 Å². The summed E-state index contributed by atoms with van der Waals surface area (Å²) in [5.41, 5.74) is 2.93. The maximum Gasteiger partial charge on any atom is 0.240 e. The highest BCUT2D eigenvalue weighted by Gasteiger charge is 2.22. The van der Waals surface area contributed by atoms with E-state index in [4.69, 9.17) is 0 Å². The number of anilines is 1. The molecule has 1 amide bonds. The Morgan fingerprint density at radius 1 is 1.15 bits per heavy atom. The maximum atomic E-state index is 12.2. The zero-order valence-electron chi connectivity index (χ0n) is 15.3. The molecule has 0 fully saturated rings. The SMILES string of the molecule is Cc1ccc(CSCCNC(=O)CN(c2ccccc2Br)S(C)(=O)=O)cc1. The maximum absolute atomic E-state index is 12.2. The minimum absolute atomic E-state index is 0.246. The second-order valence-corrected chi connectivity index (χ2v) is 9.98. The number of halogens is 1. The van der Waals surface area contributed by atoms with Gasteiger partial charge in [-0.05, 0) is 40.5 Å². The van der Waals surface area contributed by atoms with Gasteiger partial charge in [-0.2, -0.15) is 11.8 Å². The highest BCUT2D eigenvalue weighted by atomic mass is 79.9. The van der Waals surface area contributed by atoms with Gasteiger partial charge in [0.05, 0.1) is 11.9 Å². The van der Waals surface area contributed by atoms with Crippen LogP contribution in [0, 0.1) is 6.92 Å². The van der Waals surface area contributed by atoms with E-state index in [1.165, 1.54) is 11.1 Å². The number of thioether (sulfide) groups is 1. The molecule has 0 spiro atoms. The average molecular weight is 471 g/mol. The third-order valence-corrected chi connectivity index (χ3v) is 6.59. The standard InChI is InChI=1S/C19H23BrN2O3S2/c1-15-7-9-16(10-8-15)14-26-12-11-21-19(23)13-22(27(2,24)25)18-6-4-3-5-17(18)20/h3-10H,11-14H2,1-2H3,(H,21,23). The Kier molecular flexibility index (Phi) is 8.19. The quantitative estimate of drug-likeness (QED) is 0.568. The van der Waals surface area contributed by atoms with E-state index in [2.05, 4.69) is 52.4 Å². The molecule has 8 heteroatoms. The van der Waals surface area contributed by atoms with Gasteiger partial charge in [-0.1, -0.05) is 42.0 Å². The number of carbonyl (C=O) groups excluding carboxylic acids is 1. The van der Waals surface area contributed by atoms with Crippen molar-refractivity contribution in [3.05, 3.63) is 64.1 Å². The van der Waals surface area contributed by atoms with Crippen LogP contribution in [-0.4, -0.2) is 39.4 Å². The molecule has 0 heterocycles. The summed E-state index contributed by atoms with van der Waals surface area (Å²) in [6.07, 6.45) is 1.09. The lowest BCUT2D eigenvalue weighted by Crippen LogP contribution is -2.41. The molecule has 0 radical (unpaired) electrons. The Balaban J connectivity index is 1.82. The number of nitrogens with zero attached hydrogens (tertiary/aromatic N) is 1. The van der Waals surface area contributed by atoms with Crippen LogP contribution in [0.2, 0.25) is 0 Å². The van der Waals surface area contributed by atoms with E-state index in [-0.39, 0.29) is 12.5 Å². The van der Waals surface area contributed by atoms with Gasteiger partial charge < -0.3 is 5.32 Å². The molecule has 0 saturated heterocycles. The number of hydrogen-bond acceptors (Lipinski definition) is 4. The second-order valence-electron chi connectivity index (χ2n) is 6.11. The first kappa shape index (κ1) is 21.8. The van der Waals surface area contributed by atoms with E-state index in [9.17, 15) is 13.2 Å². The van der Waals surface area contributed by atoms with Crippen molar-refractivity contribution in [2.24, 2.45) is 0 Å². The Morgan fingerprint density at radius 2 is 1.81 bits per heavy atom. The molecule has 0 unspecified atom stereocenters. The van der Waals surface area contributed by atoms with Crippen molar-refractivity contribution >= 4 is 49.3 Å². The number of benzene rings is 2. The number of carbonyl (C=O) groups is 1. The Hall–Kier alpha value is -1.51.